The molecule has 0 aliphatic heterocycles. The molecular formula is C16H15BrN2O3. The predicted octanol–water partition coefficient (Wildman–Crippen LogP) is 3.54. The summed E-state index contributed by atoms with van der Waals surface area (Å²) in [5, 5.41) is 3.77. The van der Waals surface area contributed by atoms with E-state index in [-0.39, 0.29) is 12.5 Å². The van der Waals surface area contributed by atoms with Crippen molar-refractivity contribution in [2.24, 2.45) is 5.10 Å². The molecule has 1 amide bonds. The summed E-state index contributed by atoms with van der Waals surface area (Å²) >= 11 is 3.38. The van der Waals surface area contributed by atoms with Gasteiger partial charge in [-0.15, -0.1) is 0 Å². The number of hydrogen-bond acceptors (Lipinski definition) is 4. The van der Waals surface area contributed by atoms with Crippen LogP contribution in [0.5, 0.6) is 5.75 Å². The first-order chi connectivity index (χ1) is 10.6. The number of halogens is 1. The number of aryl methyl sites for hydroxylation is 1. The Morgan fingerprint density at radius 2 is 2.32 bits per heavy atom. The molecule has 2 aromatic rings. The number of carbonyl (C=O) groups excluding carboxylic acids is 1. The van der Waals surface area contributed by atoms with Gasteiger partial charge in [-0.1, -0.05) is 6.07 Å². The Morgan fingerprint density at radius 1 is 1.45 bits per heavy atom. The lowest BCUT2D eigenvalue weighted by atomic mass is 10.2. The summed E-state index contributed by atoms with van der Waals surface area (Å²) in [6, 6.07) is 9.25. The molecule has 0 fully saturated rings. The number of nitrogens with zero attached hydrogens (tertiary/aromatic N) is 1. The fourth-order valence-electron chi connectivity index (χ4n) is 1.57. The van der Waals surface area contributed by atoms with E-state index in [1.54, 1.807) is 24.5 Å². The highest BCUT2D eigenvalue weighted by Crippen LogP contribution is 2.25. The maximum Gasteiger partial charge on any atom is 0.277 e. The Bertz CT molecular complexity index is 679. The molecule has 0 saturated carbocycles. The van der Waals surface area contributed by atoms with Crippen molar-refractivity contribution in [3.8, 4) is 5.75 Å². The highest BCUT2D eigenvalue weighted by atomic mass is 79.9. The Kier molecular flexibility index (Phi) is 5.97. The van der Waals surface area contributed by atoms with Crippen molar-refractivity contribution in [1.29, 1.82) is 0 Å². The van der Waals surface area contributed by atoms with Crippen molar-refractivity contribution >= 4 is 34.1 Å². The van der Waals surface area contributed by atoms with E-state index in [1.165, 1.54) is 6.21 Å². The minimum absolute atomic E-state index is 0.110. The van der Waals surface area contributed by atoms with E-state index < -0.39 is 0 Å². The minimum atomic E-state index is -0.338. The first-order valence-corrected chi connectivity index (χ1v) is 7.35. The highest BCUT2D eigenvalue weighted by Gasteiger charge is 2.04. The van der Waals surface area contributed by atoms with Crippen LogP contribution in [0.15, 0.2) is 56.7 Å². The standard InChI is InChI=1S/C16H15BrN2O3/c1-12-6-7-15(14(17)10-12)22-11-16(20)19-18-8-2-4-13-5-3-9-21-13/h2-10H,11H2,1H3,(H,19,20)/b4-2-,18-8?. The van der Waals surface area contributed by atoms with Crippen LogP contribution in [0.2, 0.25) is 0 Å². The topological polar surface area (TPSA) is 63.8 Å². The summed E-state index contributed by atoms with van der Waals surface area (Å²) < 4.78 is 11.3. The van der Waals surface area contributed by atoms with Crippen molar-refractivity contribution in [3.05, 3.63) is 58.5 Å². The van der Waals surface area contributed by atoms with Crippen molar-refractivity contribution in [2.45, 2.75) is 6.92 Å². The fourth-order valence-corrected chi connectivity index (χ4v) is 2.18. The fraction of sp³-hybridized carbons (Fsp3) is 0.125. The van der Waals surface area contributed by atoms with Crippen LogP contribution in [0.1, 0.15) is 11.3 Å². The molecule has 0 unspecified atom stereocenters. The maximum absolute atomic E-state index is 11.6. The Morgan fingerprint density at radius 3 is 3.05 bits per heavy atom. The minimum Gasteiger partial charge on any atom is -0.483 e. The largest absolute Gasteiger partial charge is 0.483 e. The van der Waals surface area contributed by atoms with Gasteiger partial charge in [-0.25, -0.2) is 5.43 Å². The first kappa shape index (κ1) is 16.0. The molecule has 0 aliphatic carbocycles. The number of furan rings is 1. The van der Waals surface area contributed by atoms with E-state index in [2.05, 4.69) is 26.5 Å². The van der Waals surface area contributed by atoms with Crippen molar-refractivity contribution in [2.75, 3.05) is 6.61 Å². The third kappa shape index (κ3) is 5.21. The summed E-state index contributed by atoms with van der Waals surface area (Å²) in [4.78, 5) is 11.6. The quantitative estimate of drug-likeness (QED) is 0.631. The number of hydrogen-bond donors (Lipinski definition) is 1. The first-order valence-electron chi connectivity index (χ1n) is 6.56. The zero-order valence-corrected chi connectivity index (χ0v) is 13.5. The maximum atomic E-state index is 11.6. The summed E-state index contributed by atoms with van der Waals surface area (Å²) in [5.41, 5.74) is 3.48. The second kappa shape index (κ2) is 8.19. The SMILES string of the molecule is Cc1ccc(OCC(=O)NN=C/C=C\c2ccco2)c(Br)c1. The molecule has 1 heterocycles. The zero-order valence-electron chi connectivity index (χ0n) is 12.0. The van der Waals surface area contributed by atoms with Gasteiger partial charge in [-0.2, -0.15) is 5.10 Å². The summed E-state index contributed by atoms with van der Waals surface area (Å²) in [6.07, 6.45) is 6.44. The molecule has 1 N–H and O–H groups in total. The molecule has 6 heteroatoms. The second-order valence-corrected chi connectivity index (χ2v) is 5.26. The average molecular weight is 363 g/mol. The van der Waals surface area contributed by atoms with Gasteiger partial charge >= 0.3 is 0 Å². The Hall–Kier alpha value is -2.34. The zero-order chi connectivity index (χ0) is 15.8. The van der Waals surface area contributed by atoms with Gasteiger partial charge in [-0.3, -0.25) is 4.79 Å². The van der Waals surface area contributed by atoms with Gasteiger partial charge in [0.2, 0.25) is 0 Å². The molecule has 2 rings (SSSR count). The van der Waals surface area contributed by atoms with E-state index in [0.29, 0.717) is 11.5 Å². The van der Waals surface area contributed by atoms with Gasteiger partial charge in [-0.05, 0) is 64.8 Å². The molecule has 22 heavy (non-hydrogen) atoms. The number of ether oxygens (including phenoxy) is 1. The molecule has 1 aromatic carbocycles. The lowest BCUT2D eigenvalue weighted by molar-refractivity contribution is -0.123. The lowest BCUT2D eigenvalue weighted by Gasteiger charge is -2.07. The Balaban J connectivity index is 1.73. The van der Waals surface area contributed by atoms with Crippen LogP contribution in [0.3, 0.4) is 0 Å². The number of amides is 1. The molecule has 0 atom stereocenters. The molecule has 0 bridgehead atoms. The number of rotatable bonds is 6. The van der Waals surface area contributed by atoms with Crippen LogP contribution in [-0.4, -0.2) is 18.7 Å². The smallest absolute Gasteiger partial charge is 0.277 e. The van der Waals surface area contributed by atoms with Crippen LogP contribution in [0.25, 0.3) is 6.08 Å². The van der Waals surface area contributed by atoms with Crippen LogP contribution in [0, 0.1) is 6.92 Å². The number of hydrazone groups is 1. The summed E-state index contributed by atoms with van der Waals surface area (Å²) in [5.74, 6) is 0.989. The molecule has 0 aliphatic rings. The lowest BCUT2D eigenvalue weighted by Crippen LogP contribution is -2.24. The van der Waals surface area contributed by atoms with Crippen molar-refractivity contribution in [1.82, 2.24) is 5.43 Å². The predicted molar refractivity (Wildman–Crippen MR) is 88.8 cm³/mol. The monoisotopic (exact) mass is 362 g/mol. The van der Waals surface area contributed by atoms with Gasteiger partial charge in [0.25, 0.3) is 5.91 Å². The van der Waals surface area contributed by atoms with E-state index in [1.807, 2.05) is 31.2 Å². The molecule has 0 saturated heterocycles. The number of benzene rings is 1. The van der Waals surface area contributed by atoms with E-state index in [9.17, 15) is 4.79 Å². The second-order valence-electron chi connectivity index (χ2n) is 4.41. The average Bonchev–Trinajstić information content (AvgIpc) is 2.99. The van der Waals surface area contributed by atoms with Crippen LogP contribution >= 0.6 is 15.9 Å². The number of carbonyl (C=O) groups is 1. The molecular weight excluding hydrogens is 348 g/mol. The van der Waals surface area contributed by atoms with Gasteiger partial charge in [0.05, 0.1) is 10.7 Å². The van der Waals surface area contributed by atoms with Gasteiger partial charge in [0, 0.05) is 6.21 Å². The summed E-state index contributed by atoms with van der Waals surface area (Å²) in [6.45, 7) is 1.87. The van der Waals surface area contributed by atoms with Crippen LogP contribution < -0.4 is 10.2 Å². The van der Waals surface area contributed by atoms with Crippen molar-refractivity contribution < 1.29 is 13.9 Å². The third-order valence-electron chi connectivity index (χ3n) is 2.60. The molecule has 5 nitrogen and oxygen atoms in total. The third-order valence-corrected chi connectivity index (χ3v) is 3.22. The van der Waals surface area contributed by atoms with Gasteiger partial charge in [0.15, 0.2) is 6.61 Å². The van der Waals surface area contributed by atoms with Gasteiger partial charge in [0.1, 0.15) is 11.5 Å². The number of nitrogens with one attached hydrogen (secondary N) is 1. The van der Waals surface area contributed by atoms with Crippen LogP contribution in [0.4, 0.5) is 0 Å². The van der Waals surface area contributed by atoms with Crippen molar-refractivity contribution in [3.63, 3.8) is 0 Å². The van der Waals surface area contributed by atoms with E-state index in [4.69, 9.17) is 9.15 Å². The van der Waals surface area contributed by atoms with Crippen LogP contribution in [-0.2, 0) is 4.79 Å². The Labute approximate surface area is 136 Å². The van der Waals surface area contributed by atoms with Gasteiger partial charge < -0.3 is 9.15 Å². The molecule has 0 spiro atoms. The molecule has 1 aromatic heterocycles. The normalized spacial score (nSPS) is 11.2. The van der Waals surface area contributed by atoms with E-state index >= 15 is 0 Å². The number of allylic oxidation sites excluding steroid dienone is 1. The molecule has 0 radical (unpaired) electrons. The summed E-state index contributed by atoms with van der Waals surface area (Å²) in [7, 11) is 0. The highest BCUT2D eigenvalue weighted by molar-refractivity contribution is 9.10. The molecule has 114 valence electrons. The van der Waals surface area contributed by atoms with E-state index in [0.717, 1.165) is 10.0 Å².